The molecule has 1 N–H and O–H groups in total. The van der Waals surface area contributed by atoms with Crippen LogP contribution in [0.1, 0.15) is 40.7 Å². The molecule has 0 aliphatic rings. The first-order chi connectivity index (χ1) is 11.0. The highest BCUT2D eigenvalue weighted by Gasteiger charge is 2.16. The number of aromatic nitrogens is 1. The molecule has 0 saturated carbocycles. The van der Waals surface area contributed by atoms with Gasteiger partial charge in [-0.1, -0.05) is 12.1 Å². The summed E-state index contributed by atoms with van der Waals surface area (Å²) in [6, 6.07) is 10.3. The van der Waals surface area contributed by atoms with Gasteiger partial charge in [0.2, 0.25) is 0 Å². The molecule has 4 heteroatoms. The minimum Gasteiger partial charge on any atom is -0.382 e. The Bertz CT molecular complexity index is 674. The number of ether oxygens (including phenoxy) is 1. The van der Waals surface area contributed by atoms with E-state index in [0.717, 1.165) is 29.1 Å². The third kappa shape index (κ3) is 4.23. The predicted molar refractivity (Wildman–Crippen MR) is 93.4 cm³/mol. The largest absolute Gasteiger partial charge is 0.382 e. The van der Waals surface area contributed by atoms with Gasteiger partial charge in [0.25, 0.3) is 5.91 Å². The number of nitrogens with zero attached hydrogens (tertiary/aromatic N) is 1. The van der Waals surface area contributed by atoms with Crippen LogP contribution < -0.4 is 5.32 Å². The molecule has 1 heterocycles. The van der Waals surface area contributed by atoms with Gasteiger partial charge in [0, 0.05) is 36.8 Å². The number of aryl methyl sites for hydroxylation is 2. The van der Waals surface area contributed by atoms with Crippen LogP contribution >= 0.6 is 0 Å². The van der Waals surface area contributed by atoms with Crippen molar-refractivity contribution in [3.63, 3.8) is 0 Å². The van der Waals surface area contributed by atoms with Crippen molar-refractivity contribution in [1.29, 1.82) is 0 Å². The van der Waals surface area contributed by atoms with E-state index < -0.39 is 0 Å². The van der Waals surface area contributed by atoms with E-state index in [9.17, 15) is 4.79 Å². The lowest BCUT2D eigenvalue weighted by atomic mass is 10.2. The first kappa shape index (κ1) is 17.3. The van der Waals surface area contributed by atoms with Gasteiger partial charge in [-0.15, -0.1) is 0 Å². The Morgan fingerprint density at radius 3 is 2.70 bits per heavy atom. The highest BCUT2D eigenvalue weighted by Crippen LogP contribution is 2.21. The highest BCUT2D eigenvalue weighted by atomic mass is 16.5. The molecular weight excluding hydrogens is 288 g/mol. The number of nitrogens with one attached hydrogen (secondary N) is 1. The van der Waals surface area contributed by atoms with Gasteiger partial charge in [-0.25, -0.2) is 0 Å². The van der Waals surface area contributed by atoms with E-state index in [4.69, 9.17) is 4.74 Å². The molecule has 4 nitrogen and oxygen atoms in total. The van der Waals surface area contributed by atoms with E-state index in [1.54, 1.807) is 0 Å². The number of carbonyl (C=O) groups is 1. The second-order valence-corrected chi connectivity index (χ2v) is 5.77. The lowest BCUT2D eigenvalue weighted by Crippen LogP contribution is -2.25. The Hall–Kier alpha value is -2.07. The molecule has 2 aromatic rings. The van der Waals surface area contributed by atoms with E-state index in [1.165, 1.54) is 5.56 Å². The van der Waals surface area contributed by atoms with Gasteiger partial charge < -0.3 is 14.6 Å². The van der Waals surface area contributed by atoms with Gasteiger partial charge in [0.15, 0.2) is 0 Å². The molecule has 0 aliphatic carbocycles. The number of hydrogen-bond donors (Lipinski definition) is 1. The van der Waals surface area contributed by atoms with Crippen molar-refractivity contribution in [2.75, 3.05) is 19.8 Å². The van der Waals surface area contributed by atoms with Crippen molar-refractivity contribution in [3.8, 4) is 5.69 Å². The Morgan fingerprint density at radius 1 is 1.22 bits per heavy atom. The summed E-state index contributed by atoms with van der Waals surface area (Å²) < 4.78 is 7.41. The summed E-state index contributed by atoms with van der Waals surface area (Å²) in [7, 11) is 0. The Kier molecular flexibility index (Phi) is 5.99. The van der Waals surface area contributed by atoms with Gasteiger partial charge in [-0.2, -0.15) is 0 Å². The van der Waals surface area contributed by atoms with E-state index in [-0.39, 0.29) is 5.91 Å². The predicted octanol–water partition coefficient (Wildman–Crippen LogP) is 3.56. The van der Waals surface area contributed by atoms with Crippen molar-refractivity contribution in [2.24, 2.45) is 0 Å². The smallest absolute Gasteiger partial charge is 0.253 e. The van der Waals surface area contributed by atoms with Crippen LogP contribution in [0, 0.1) is 20.8 Å². The minimum atomic E-state index is -0.0199. The number of hydrogen-bond acceptors (Lipinski definition) is 2. The van der Waals surface area contributed by atoms with Crippen LogP contribution in [-0.4, -0.2) is 30.2 Å². The Labute approximate surface area is 138 Å². The average Bonchev–Trinajstić information content (AvgIpc) is 2.82. The van der Waals surface area contributed by atoms with Crippen molar-refractivity contribution in [1.82, 2.24) is 9.88 Å². The molecule has 0 saturated heterocycles. The maximum atomic E-state index is 12.4. The number of amides is 1. The Balaban J connectivity index is 2.12. The standard InChI is InChI=1S/C19H26N2O2/c1-5-23-11-7-10-20-19(22)18-13-15(3)21(16(18)4)17-9-6-8-14(2)12-17/h6,8-9,12-13H,5,7,10-11H2,1-4H3,(H,20,22). The van der Waals surface area contributed by atoms with Crippen molar-refractivity contribution >= 4 is 5.91 Å². The normalized spacial score (nSPS) is 10.8. The quantitative estimate of drug-likeness (QED) is 0.794. The molecule has 0 radical (unpaired) electrons. The van der Waals surface area contributed by atoms with Crippen molar-refractivity contribution in [2.45, 2.75) is 34.1 Å². The molecule has 0 atom stereocenters. The first-order valence-electron chi connectivity index (χ1n) is 8.16. The SMILES string of the molecule is CCOCCCNC(=O)c1cc(C)n(-c2cccc(C)c2)c1C. The first-order valence-corrected chi connectivity index (χ1v) is 8.16. The number of carbonyl (C=O) groups excluding carboxylic acids is 1. The van der Waals surface area contributed by atoms with E-state index in [1.807, 2.05) is 32.9 Å². The molecule has 1 aromatic heterocycles. The maximum Gasteiger partial charge on any atom is 0.253 e. The summed E-state index contributed by atoms with van der Waals surface area (Å²) in [6.07, 6.45) is 0.830. The summed E-state index contributed by atoms with van der Waals surface area (Å²) in [4.78, 5) is 12.4. The second-order valence-electron chi connectivity index (χ2n) is 5.77. The fourth-order valence-electron chi connectivity index (χ4n) is 2.77. The van der Waals surface area contributed by atoms with Crippen molar-refractivity contribution in [3.05, 3.63) is 52.8 Å². The summed E-state index contributed by atoms with van der Waals surface area (Å²) in [5, 5.41) is 2.97. The van der Waals surface area contributed by atoms with Gasteiger partial charge in [-0.05, 0) is 57.9 Å². The van der Waals surface area contributed by atoms with Crippen LogP contribution in [0.3, 0.4) is 0 Å². The molecule has 2 rings (SSSR count). The molecule has 0 unspecified atom stereocenters. The van der Waals surface area contributed by atoms with Gasteiger partial charge in [0.05, 0.1) is 5.56 Å². The van der Waals surface area contributed by atoms with Crippen LogP contribution in [0.4, 0.5) is 0 Å². The molecule has 0 aliphatic heterocycles. The third-order valence-electron chi connectivity index (χ3n) is 3.89. The topological polar surface area (TPSA) is 43.3 Å². The molecular formula is C19H26N2O2. The molecule has 1 aromatic carbocycles. The van der Waals surface area contributed by atoms with Crippen LogP contribution in [0.2, 0.25) is 0 Å². The molecule has 1 amide bonds. The lowest BCUT2D eigenvalue weighted by molar-refractivity contribution is 0.0943. The van der Waals surface area contributed by atoms with E-state index in [0.29, 0.717) is 19.8 Å². The fraction of sp³-hybridized carbons (Fsp3) is 0.421. The summed E-state index contributed by atoms with van der Waals surface area (Å²) in [6.45, 7) is 10.1. The van der Waals surface area contributed by atoms with E-state index >= 15 is 0 Å². The molecule has 0 bridgehead atoms. The van der Waals surface area contributed by atoms with Gasteiger partial charge in [0.1, 0.15) is 0 Å². The van der Waals surface area contributed by atoms with Gasteiger partial charge >= 0.3 is 0 Å². The zero-order chi connectivity index (χ0) is 16.8. The number of rotatable bonds is 7. The summed E-state index contributed by atoms with van der Waals surface area (Å²) >= 11 is 0. The molecule has 23 heavy (non-hydrogen) atoms. The van der Waals surface area contributed by atoms with E-state index in [2.05, 4.69) is 35.0 Å². The zero-order valence-corrected chi connectivity index (χ0v) is 14.5. The maximum absolute atomic E-state index is 12.4. The van der Waals surface area contributed by atoms with Gasteiger partial charge in [-0.3, -0.25) is 4.79 Å². The van der Waals surface area contributed by atoms with Crippen LogP contribution in [0.25, 0.3) is 5.69 Å². The molecule has 0 fully saturated rings. The molecule has 124 valence electrons. The third-order valence-corrected chi connectivity index (χ3v) is 3.89. The fourth-order valence-corrected chi connectivity index (χ4v) is 2.77. The summed E-state index contributed by atoms with van der Waals surface area (Å²) in [5.41, 5.74) is 5.07. The lowest BCUT2D eigenvalue weighted by Gasteiger charge is -2.11. The monoisotopic (exact) mass is 314 g/mol. The average molecular weight is 314 g/mol. The summed E-state index contributed by atoms with van der Waals surface area (Å²) in [5.74, 6) is -0.0199. The number of benzene rings is 1. The Morgan fingerprint density at radius 2 is 2.00 bits per heavy atom. The highest BCUT2D eigenvalue weighted by molar-refractivity contribution is 5.95. The zero-order valence-electron chi connectivity index (χ0n) is 14.5. The van der Waals surface area contributed by atoms with Crippen LogP contribution in [0.15, 0.2) is 30.3 Å². The van der Waals surface area contributed by atoms with Crippen molar-refractivity contribution < 1.29 is 9.53 Å². The van der Waals surface area contributed by atoms with Crippen LogP contribution in [-0.2, 0) is 4.74 Å². The van der Waals surface area contributed by atoms with Crippen LogP contribution in [0.5, 0.6) is 0 Å². The second kappa shape index (κ2) is 7.97. The molecule has 0 spiro atoms. The minimum absolute atomic E-state index is 0.0199.